The van der Waals surface area contributed by atoms with Crippen LogP contribution in [-0.4, -0.2) is 33.7 Å². The topological polar surface area (TPSA) is 36.4 Å². The molecule has 1 aliphatic rings. The molecule has 0 aliphatic carbocycles. The summed E-state index contributed by atoms with van der Waals surface area (Å²) in [7, 11) is 0. The Kier molecular flexibility index (Phi) is 3.85. The molecule has 1 aromatic heterocycles. The van der Waals surface area contributed by atoms with E-state index in [0.717, 1.165) is 43.2 Å². The number of aliphatic hydroxyl groups is 1. The van der Waals surface area contributed by atoms with Gasteiger partial charge in [0.15, 0.2) is 0 Å². The van der Waals surface area contributed by atoms with Gasteiger partial charge >= 0.3 is 0 Å². The molecule has 2 rings (SSSR count). The highest BCUT2D eigenvalue weighted by Gasteiger charge is 2.28. The smallest absolute Gasteiger partial charge is 0.107 e. The predicted octanol–water partition coefficient (Wildman–Crippen LogP) is 2.23. The molecule has 2 heterocycles. The molecule has 90 valence electrons. The van der Waals surface area contributed by atoms with Gasteiger partial charge in [-0.15, -0.1) is 22.9 Å². The van der Waals surface area contributed by atoms with E-state index in [-0.39, 0.29) is 0 Å². The van der Waals surface area contributed by atoms with Crippen LogP contribution in [0.4, 0.5) is 0 Å². The Balaban J connectivity index is 1.94. The summed E-state index contributed by atoms with van der Waals surface area (Å²) in [5.41, 5.74) is 0.413. The number of piperidine rings is 1. The minimum absolute atomic E-state index is 0.480. The first-order valence-corrected chi connectivity index (χ1v) is 6.94. The number of hydrogen-bond acceptors (Lipinski definition) is 4. The third-order valence-electron chi connectivity index (χ3n) is 2.85. The second-order valence-electron chi connectivity index (χ2n) is 4.68. The molecule has 5 heteroatoms. The molecule has 1 aliphatic heterocycles. The van der Waals surface area contributed by atoms with Crippen LogP contribution in [0, 0.1) is 0 Å². The summed E-state index contributed by atoms with van der Waals surface area (Å²) in [6.07, 6.45) is 1.95. The highest BCUT2D eigenvalue weighted by atomic mass is 35.5. The van der Waals surface area contributed by atoms with Gasteiger partial charge in [-0.05, 0) is 26.3 Å². The van der Waals surface area contributed by atoms with Gasteiger partial charge in [-0.1, -0.05) is 0 Å². The fourth-order valence-electron chi connectivity index (χ4n) is 2.13. The molecule has 1 atom stereocenters. The molecule has 1 unspecified atom stereocenters. The largest absolute Gasteiger partial charge is 0.389 e. The van der Waals surface area contributed by atoms with E-state index in [1.54, 1.807) is 11.3 Å². The number of thiazole rings is 1. The number of likely N-dealkylation sites (tertiary alicyclic amines) is 1. The number of aromatic nitrogens is 1. The summed E-state index contributed by atoms with van der Waals surface area (Å²) in [5.74, 6) is 0.480. The lowest BCUT2D eigenvalue weighted by Gasteiger charge is -2.36. The number of alkyl halides is 1. The van der Waals surface area contributed by atoms with Gasteiger partial charge in [0, 0.05) is 11.9 Å². The lowest BCUT2D eigenvalue weighted by molar-refractivity contribution is -0.0181. The average Bonchev–Trinajstić information content (AvgIpc) is 2.64. The Bertz CT molecular complexity index is 354. The molecule has 1 saturated heterocycles. The van der Waals surface area contributed by atoms with Crippen LogP contribution in [0.5, 0.6) is 0 Å². The van der Waals surface area contributed by atoms with E-state index >= 15 is 0 Å². The van der Waals surface area contributed by atoms with Crippen LogP contribution < -0.4 is 0 Å². The van der Waals surface area contributed by atoms with E-state index in [1.165, 1.54) is 0 Å². The minimum atomic E-state index is -0.537. The van der Waals surface area contributed by atoms with E-state index in [1.807, 2.05) is 12.3 Å². The van der Waals surface area contributed by atoms with Gasteiger partial charge in [-0.2, -0.15) is 0 Å². The van der Waals surface area contributed by atoms with Crippen LogP contribution in [0.15, 0.2) is 5.38 Å². The molecule has 3 nitrogen and oxygen atoms in total. The van der Waals surface area contributed by atoms with Crippen molar-refractivity contribution < 1.29 is 5.11 Å². The molecule has 16 heavy (non-hydrogen) atoms. The van der Waals surface area contributed by atoms with Gasteiger partial charge in [0.2, 0.25) is 0 Å². The van der Waals surface area contributed by atoms with Crippen LogP contribution in [0.3, 0.4) is 0 Å². The van der Waals surface area contributed by atoms with Crippen molar-refractivity contribution in [2.45, 2.75) is 37.8 Å². The highest BCUT2D eigenvalue weighted by Crippen LogP contribution is 2.22. The average molecular weight is 261 g/mol. The normalized spacial score (nSPS) is 27.2. The predicted molar refractivity (Wildman–Crippen MR) is 66.8 cm³/mol. The molecular formula is C11H17ClN2OS. The van der Waals surface area contributed by atoms with E-state index in [0.29, 0.717) is 5.88 Å². The van der Waals surface area contributed by atoms with Crippen molar-refractivity contribution in [2.75, 3.05) is 13.1 Å². The lowest BCUT2D eigenvalue weighted by atomic mass is 9.95. The van der Waals surface area contributed by atoms with E-state index in [4.69, 9.17) is 11.6 Å². The first-order valence-electron chi connectivity index (χ1n) is 5.53. The second kappa shape index (κ2) is 5.00. The third-order valence-corrected chi connectivity index (χ3v) is 4.01. The lowest BCUT2D eigenvalue weighted by Crippen LogP contribution is -2.45. The van der Waals surface area contributed by atoms with Gasteiger partial charge in [0.25, 0.3) is 0 Å². The molecule has 0 amide bonds. The van der Waals surface area contributed by atoms with Crippen LogP contribution in [0.2, 0.25) is 0 Å². The number of nitrogens with zero attached hydrogens (tertiary/aromatic N) is 2. The van der Waals surface area contributed by atoms with Crippen molar-refractivity contribution in [1.29, 1.82) is 0 Å². The number of halogens is 1. The van der Waals surface area contributed by atoms with Crippen molar-refractivity contribution in [3.05, 3.63) is 16.1 Å². The Morgan fingerprint density at radius 2 is 2.50 bits per heavy atom. The Hall–Kier alpha value is -0.160. The summed E-state index contributed by atoms with van der Waals surface area (Å²) in [4.78, 5) is 6.70. The van der Waals surface area contributed by atoms with E-state index < -0.39 is 5.60 Å². The third kappa shape index (κ3) is 3.17. The van der Waals surface area contributed by atoms with Crippen molar-refractivity contribution in [2.24, 2.45) is 0 Å². The summed E-state index contributed by atoms with van der Waals surface area (Å²) < 4.78 is 0. The Morgan fingerprint density at radius 3 is 3.12 bits per heavy atom. The SMILES string of the molecule is CC1(O)CCCN(Cc2nc(CCl)cs2)C1. The summed E-state index contributed by atoms with van der Waals surface area (Å²) in [5, 5.41) is 13.1. The number of hydrogen-bond donors (Lipinski definition) is 1. The van der Waals surface area contributed by atoms with Crippen LogP contribution in [-0.2, 0) is 12.4 Å². The van der Waals surface area contributed by atoms with Gasteiger partial charge in [-0.3, -0.25) is 4.90 Å². The second-order valence-corrected chi connectivity index (χ2v) is 5.89. The summed E-state index contributed by atoms with van der Waals surface area (Å²) in [6, 6.07) is 0. The molecule has 0 saturated carbocycles. The highest BCUT2D eigenvalue weighted by molar-refractivity contribution is 7.09. The van der Waals surface area contributed by atoms with Gasteiger partial charge < -0.3 is 5.11 Å². The fraction of sp³-hybridized carbons (Fsp3) is 0.727. The fourth-order valence-corrected chi connectivity index (χ4v) is 3.20. The van der Waals surface area contributed by atoms with Gasteiger partial charge in [-0.25, -0.2) is 4.98 Å². The number of β-amino-alcohol motifs (C(OH)–C–C–N with tert-alkyl or cyclic N) is 1. The number of rotatable bonds is 3. The molecule has 0 bridgehead atoms. The van der Waals surface area contributed by atoms with E-state index in [2.05, 4.69) is 9.88 Å². The minimum Gasteiger partial charge on any atom is -0.389 e. The molecular weight excluding hydrogens is 244 g/mol. The molecule has 1 fully saturated rings. The maximum Gasteiger partial charge on any atom is 0.107 e. The zero-order chi connectivity index (χ0) is 11.6. The van der Waals surface area contributed by atoms with Crippen molar-refractivity contribution in [3.8, 4) is 0 Å². The first kappa shape index (κ1) is 12.3. The molecule has 1 aromatic rings. The molecule has 0 aromatic carbocycles. The quantitative estimate of drug-likeness (QED) is 0.847. The van der Waals surface area contributed by atoms with Crippen molar-refractivity contribution >= 4 is 22.9 Å². The van der Waals surface area contributed by atoms with Gasteiger partial charge in [0.1, 0.15) is 5.01 Å². The Morgan fingerprint density at radius 1 is 1.69 bits per heavy atom. The van der Waals surface area contributed by atoms with Crippen LogP contribution >= 0.6 is 22.9 Å². The molecule has 0 radical (unpaired) electrons. The van der Waals surface area contributed by atoms with Crippen molar-refractivity contribution in [1.82, 2.24) is 9.88 Å². The zero-order valence-electron chi connectivity index (χ0n) is 9.45. The standard InChI is InChI=1S/C11H17ClN2OS/c1-11(15)3-2-4-14(8-11)6-10-13-9(5-12)7-16-10/h7,15H,2-6,8H2,1H3. The van der Waals surface area contributed by atoms with Crippen LogP contribution in [0.25, 0.3) is 0 Å². The van der Waals surface area contributed by atoms with Crippen LogP contribution in [0.1, 0.15) is 30.5 Å². The summed E-state index contributed by atoms with van der Waals surface area (Å²) in [6.45, 7) is 4.53. The maximum absolute atomic E-state index is 9.99. The van der Waals surface area contributed by atoms with Gasteiger partial charge in [0.05, 0.1) is 23.7 Å². The van der Waals surface area contributed by atoms with Crippen molar-refractivity contribution in [3.63, 3.8) is 0 Å². The Labute approximate surface area is 105 Å². The first-order chi connectivity index (χ1) is 7.59. The molecule has 0 spiro atoms. The summed E-state index contributed by atoms with van der Waals surface area (Å²) >= 11 is 7.37. The van der Waals surface area contributed by atoms with E-state index in [9.17, 15) is 5.11 Å². The monoisotopic (exact) mass is 260 g/mol. The molecule has 1 N–H and O–H groups in total. The zero-order valence-corrected chi connectivity index (χ0v) is 11.0. The maximum atomic E-state index is 9.99.